The van der Waals surface area contributed by atoms with Gasteiger partial charge in [0.2, 0.25) is 5.91 Å². The number of hydrogen-bond acceptors (Lipinski definition) is 4. The number of aryl methyl sites for hydroxylation is 3. The van der Waals surface area contributed by atoms with Crippen molar-refractivity contribution in [3.8, 4) is 0 Å². The summed E-state index contributed by atoms with van der Waals surface area (Å²) in [6.45, 7) is 4.85. The van der Waals surface area contributed by atoms with Crippen LogP contribution < -0.4 is 5.32 Å². The molecular weight excluding hydrogens is 274 g/mol. The van der Waals surface area contributed by atoms with E-state index in [2.05, 4.69) is 15.5 Å². The summed E-state index contributed by atoms with van der Waals surface area (Å²) in [6.07, 6.45) is 4.65. The summed E-state index contributed by atoms with van der Waals surface area (Å²) in [4.78, 5) is 22.6. The summed E-state index contributed by atoms with van der Waals surface area (Å²) in [5.41, 5.74) is 1.56. The molecule has 0 atom stereocenters. The number of amides is 1. The van der Waals surface area contributed by atoms with Crippen molar-refractivity contribution in [2.45, 2.75) is 33.4 Å². The maximum absolute atomic E-state index is 11.9. The molecule has 8 nitrogen and oxygen atoms in total. The second-order valence-corrected chi connectivity index (χ2v) is 4.58. The molecule has 112 valence electrons. The third-order valence-electron chi connectivity index (χ3n) is 2.99. The Balaban J connectivity index is 1.89. The van der Waals surface area contributed by atoms with Crippen molar-refractivity contribution < 1.29 is 14.7 Å². The average Bonchev–Trinajstić information content (AvgIpc) is 3.04. The van der Waals surface area contributed by atoms with E-state index in [1.54, 1.807) is 10.9 Å². The van der Waals surface area contributed by atoms with Crippen LogP contribution in [0.15, 0.2) is 18.6 Å². The van der Waals surface area contributed by atoms with E-state index >= 15 is 0 Å². The molecule has 0 fully saturated rings. The Labute approximate surface area is 121 Å². The highest BCUT2D eigenvalue weighted by atomic mass is 16.4. The van der Waals surface area contributed by atoms with Gasteiger partial charge in [0.25, 0.3) is 0 Å². The first-order valence-corrected chi connectivity index (χ1v) is 6.59. The van der Waals surface area contributed by atoms with Gasteiger partial charge in [0.1, 0.15) is 0 Å². The molecule has 0 aliphatic rings. The largest absolute Gasteiger partial charge is 0.478 e. The summed E-state index contributed by atoms with van der Waals surface area (Å²) in [6, 6.07) is 0. The first kappa shape index (κ1) is 14.8. The molecule has 2 rings (SSSR count). The molecular formula is C13H17N5O3. The Morgan fingerprint density at radius 3 is 2.67 bits per heavy atom. The summed E-state index contributed by atoms with van der Waals surface area (Å²) in [5.74, 6) is -1.20. The third kappa shape index (κ3) is 3.68. The molecule has 0 saturated carbocycles. The van der Waals surface area contributed by atoms with Gasteiger partial charge in [-0.1, -0.05) is 0 Å². The van der Waals surface area contributed by atoms with E-state index in [9.17, 15) is 9.59 Å². The quantitative estimate of drug-likeness (QED) is 0.830. The molecule has 1 amide bonds. The summed E-state index contributed by atoms with van der Waals surface area (Å²) >= 11 is 0. The van der Waals surface area contributed by atoms with E-state index in [1.165, 1.54) is 17.1 Å². The van der Waals surface area contributed by atoms with E-state index in [-0.39, 0.29) is 17.9 Å². The Kier molecular flexibility index (Phi) is 4.36. The molecule has 0 aliphatic carbocycles. The van der Waals surface area contributed by atoms with Crippen LogP contribution in [0.25, 0.3) is 0 Å². The minimum absolute atomic E-state index is 0.107. The molecule has 2 aromatic heterocycles. The van der Waals surface area contributed by atoms with Crippen molar-refractivity contribution in [1.29, 1.82) is 0 Å². The van der Waals surface area contributed by atoms with Gasteiger partial charge in [0.15, 0.2) is 0 Å². The van der Waals surface area contributed by atoms with Gasteiger partial charge in [0, 0.05) is 31.9 Å². The molecule has 0 saturated heterocycles. The van der Waals surface area contributed by atoms with Crippen LogP contribution in [0.2, 0.25) is 0 Å². The molecule has 2 N–H and O–H groups in total. The molecule has 2 aromatic rings. The predicted octanol–water partition coefficient (Wildman–Crippen LogP) is 1.13. The topological polar surface area (TPSA) is 102 Å². The average molecular weight is 291 g/mol. The fourth-order valence-corrected chi connectivity index (χ4v) is 1.83. The number of aromatic nitrogens is 4. The number of carbonyl (C=O) groups excluding carboxylic acids is 1. The Morgan fingerprint density at radius 1 is 1.33 bits per heavy atom. The third-order valence-corrected chi connectivity index (χ3v) is 2.99. The second-order valence-electron chi connectivity index (χ2n) is 4.58. The number of anilines is 1. The minimum Gasteiger partial charge on any atom is -0.478 e. The fraction of sp³-hybridized carbons (Fsp3) is 0.385. The zero-order chi connectivity index (χ0) is 15.4. The van der Waals surface area contributed by atoms with E-state index in [0.717, 1.165) is 12.2 Å². The summed E-state index contributed by atoms with van der Waals surface area (Å²) in [7, 11) is 0. The summed E-state index contributed by atoms with van der Waals surface area (Å²) in [5, 5.41) is 19.7. The van der Waals surface area contributed by atoms with Crippen LogP contribution in [-0.2, 0) is 17.9 Å². The van der Waals surface area contributed by atoms with Crippen LogP contribution in [0.4, 0.5) is 5.69 Å². The number of nitrogens with zero attached hydrogens (tertiary/aromatic N) is 4. The van der Waals surface area contributed by atoms with Crippen molar-refractivity contribution >= 4 is 17.6 Å². The number of nitrogens with one attached hydrogen (secondary N) is 1. The number of carboxylic acids is 1. The normalized spacial score (nSPS) is 10.6. The lowest BCUT2D eigenvalue weighted by Gasteiger charge is -2.03. The van der Waals surface area contributed by atoms with Crippen LogP contribution >= 0.6 is 0 Å². The monoisotopic (exact) mass is 291 g/mol. The first-order chi connectivity index (χ1) is 9.99. The van der Waals surface area contributed by atoms with Gasteiger partial charge >= 0.3 is 5.97 Å². The van der Waals surface area contributed by atoms with Gasteiger partial charge in [-0.3, -0.25) is 14.2 Å². The molecule has 8 heteroatoms. The minimum atomic E-state index is -1.03. The number of rotatable bonds is 6. The number of carbonyl (C=O) groups is 2. The first-order valence-electron chi connectivity index (χ1n) is 6.59. The van der Waals surface area contributed by atoms with Gasteiger partial charge in [-0.05, 0) is 13.8 Å². The van der Waals surface area contributed by atoms with Crippen molar-refractivity contribution in [1.82, 2.24) is 19.6 Å². The number of carboxylic acid groups (broad SMARTS) is 1. The van der Waals surface area contributed by atoms with Gasteiger partial charge in [0.05, 0.1) is 23.1 Å². The van der Waals surface area contributed by atoms with E-state index in [4.69, 9.17) is 5.11 Å². The van der Waals surface area contributed by atoms with Crippen LogP contribution in [0, 0.1) is 6.92 Å². The molecule has 0 aliphatic heterocycles. The van der Waals surface area contributed by atoms with Crippen LogP contribution in [0.3, 0.4) is 0 Å². The highest BCUT2D eigenvalue weighted by Crippen LogP contribution is 2.12. The molecule has 0 aromatic carbocycles. The van der Waals surface area contributed by atoms with Gasteiger partial charge in [-0.25, -0.2) is 4.79 Å². The molecule has 0 bridgehead atoms. The SMILES string of the molecule is CCn1cc(NC(=O)CCn2cc(C(=O)O)cn2)c(C)n1. The lowest BCUT2D eigenvalue weighted by molar-refractivity contribution is -0.116. The van der Waals surface area contributed by atoms with Crippen LogP contribution in [-0.4, -0.2) is 36.5 Å². The van der Waals surface area contributed by atoms with Crippen molar-refractivity contribution in [2.75, 3.05) is 5.32 Å². The lowest BCUT2D eigenvalue weighted by atomic mass is 10.3. The molecule has 2 heterocycles. The van der Waals surface area contributed by atoms with Crippen molar-refractivity contribution in [2.24, 2.45) is 0 Å². The van der Waals surface area contributed by atoms with Crippen LogP contribution in [0.1, 0.15) is 29.4 Å². The Hall–Kier alpha value is -2.64. The summed E-state index contributed by atoms with van der Waals surface area (Å²) < 4.78 is 3.18. The lowest BCUT2D eigenvalue weighted by Crippen LogP contribution is -2.15. The van der Waals surface area contributed by atoms with Gasteiger partial charge < -0.3 is 10.4 Å². The van der Waals surface area contributed by atoms with Crippen LogP contribution in [0.5, 0.6) is 0 Å². The van der Waals surface area contributed by atoms with E-state index < -0.39 is 5.97 Å². The van der Waals surface area contributed by atoms with Crippen molar-refractivity contribution in [3.63, 3.8) is 0 Å². The second kappa shape index (κ2) is 6.21. The maximum Gasteiger partial charge on any atom is 0.338 e. The predicted molar refractivity (Wildman–Crippen MR) is 75.1 cm³/mol. The zero-order valence-electron chi connectivity index (χ0n) is 11.9. The number of hydrogen-bond donors (Lipinski definition) is 2. The molecule has 0 radical (unpaired) electrons. The van der Waals surface area contributed by atoms with Gasteiger partial charge in [-0.15, -0.1) is 0 Å². The van der Waals surface area contributed by atoms with Gasteiger partial charge in [-0.2, -0.15) is 10.2 Å². The zero-order valence-corrected chi connectivity index (χ0v) is 11.9. The Bertz CT molecular complexity index is 659. The number of aromatic carboxylic acids is 1. The Morgan fingerprint density at radius 2 is 2.10 bits per heavy atom. The van der Waals surface area contributed by atoms with E-state index in [0.29, 0.717) is 12.2 Å². The molecule has 0 spiro atoms. The van der Waals surface area contributed by atoms with Crippen molar-refractivity contribution in [3.05, 3.63) is 29.8 Å². The molecule has 0 unspecified atom stereocenters. The highest BCUT2D eigenvalue weighted by molar-refractivity contribution is 5.91. The standard InChI is InChI=1S/C13H17N5O3/c1-3-17-8-11(9(2)16-17)15-12(19)4-5-18-7-10(6-14-18)13(20)21/h6-8H,3-5H2,1-2H3,(H,15,19)(H,20,21). The highest BCUT2D eigenvalue weighted by Gasteiger charge is 2.10. The maximum atomic E-state index is 11.9. The fourth-order valence-electron chi connectivity index (χ4n) is 1.83. The molecule has 21 heavy (non-hydrogen) atoms. The smallest absolute Gasteiger partial charge is 0.338 e. The van der Waals surface area contributed by atoms with E-state index in [1.807, 2.05) is 13.8 Å².